The molecular formula is C13H20BrNO3. The van der Waals surface area contributed by atoms with Crippen LogP contribution in [-0.4, -0.2) is 35.6 Å². The Kier molecular flexibility index (Phi) is 7.05. The topological polar surface area (TPSA) is 53.7 Å². The summed E-state index contributed by atoms with van der Waals surface area (Å²) in [5.41, 5.74) is 0. The molecule has 0 aromatic carbocycles. The number of aliphatic hydroxyl groups is 1. The average Bonchev–Trinajstić information content (AvgIpc) is 2.79. The Morgan fingerprint density at radius 1 is 1.33 bits per heavy atom. The third kappa shape index (κ3) is 4.82. The van der Waals surface area contributed by atoms with Crippen LogP contribution in [0.4, 0.5) is 0 Å². The van der Waals surface area contributed by atoms with Crippen molar-refractivity contribution < 1.29 is 14.3 Å². The summed E-state index contributed by atoms with van der Waals surface area (Å²) in [6.07, 6.45) is 4.40. The van der Waals surface area contributed by atoms with Gasteiger partial charge in [-0.2, -0.15) is 0 Å². The molecule has 0 aliphatic rings. The van der Waals surface area contributed by atoms with E-state index in [9.17, 15) is 4.79 Å². The van der Waals surface area contributed by atoms with Crippen LogP contribution < -0.4 is 0 Å². The van der Waals surface area contributed by atoms with Crippen LogP contribution in [0.2, 0.25) is 0 Å². The maximum Gasteiger partial charge on any atom is 0.289 e. The summed E-state index contributed by atoms with van der Waals surface area (Å²) in [7, 11) is 0. The molecular weight excluding hydrogens is 298 g/mol. The summed E-state index contributed by atoms with van der Waals surface area (Å²) < 4.78 is 5.79. The summed E-state index contributed by atoms with van der Waals surface area (Å²) >= 11 is 3.17. The Morgan fingerprint density at radius 3 is 2.67 bits per heavy atom. The molecule has 0 spiro atoms. The lowest BCUT2D eigenvalue weighted by Crippen LogP contribution is -2.34. The number of hydrogen-bond acceptors (Lipinski definition) is 3. The van der Waals surface area contributed by atoms with E-state index >= 15 is 0 Å². The molecule has 1 heterocycles. The van der Waals surface area contributed by atoms with Gasteiger partial charge in [0.05, 0.1) is 6.61 Å². The number of nitrogens with zero attached hydrogens (tertiary/aromatic N) is 1. The summed E-state index contributed by atoms with van der Waals surface area (Å²) in [5, 5.41) is 9.01. The molecule has 0 saturated carbocycles. The zero-order valence-electron chi connectivity index (χ0n) is 10.7. The molecule has 5 heteroatoms. The van der Waals surface area contributed by atoms with Gasteiger partial charge in [0, 0.05) is 13.1 Å². The maximum absolute atomic E-state index is 12.1. The largest absolute Gasteiger partial charge is 0.444 e. The standard InChI is InChI=1S/C13H20BrNO3/c1-2-3-4-5-8-15(9-10-16)13(17)11-6-7-12(14)18-11/h6-7,16H,2-5,8-10H2,1H3. The highest BCUT2D eigenvalue weighted by atomic mass is 79.9. The number of halogens is 1. The fourth-order valence-corrected chi connectivity index (χ4v) is 2.06. The lowest BCUT2D eigenvalue weighted by molar-refractivity contribution is 0.0685. The van der Waals surface area contributed by atoms with E-state index in [-0.39, 0.29) is 12.5 Å². The van der Waals surface area contributed by atoms with Gasteiger partial charge in [-0.25, -0.2) is 0 Å². The quantitative estimate of drug-likeness (QED) is 0.750. The third-order valence-corrected chi connectivity index (χ3v) is 3.15. The van der Waals surface area contributed by atoms with Crippen LogP contribution in [0.25, 0.3) is 0 Å². The van der Waals surface area contributed by atoms with Crippen molar-refractivity contribution in [2.24, 2.45) is 0 Å². The van der Waals surface area contributed by atoms with Crippen LogP contribution in [0, 0.1) is 0 Å². The summed E-state index contributed by atoms with van der Waals surface area (Å²) in [5.74, 6) is 0.150. The minimum Gasteiger partial charge on any atom is -0.444 e. The van der Waals surface area contributed by atoms with Gasteiger partial charge in [0.25, 0.3) is 5.91 Å². The van der Waals surface area contributed by atoms with Crippen molar-refractivity contribution in [3.8, 4) is 0 Å². The van der Waals surface area contributed by atoms with Crippen molar-refractivity contribution in [3.05, 3.63) is 22.6 Å². The Morgan fingerprint density at radius 2 is 2.11 bits per heavy atom. The van der Waals surface area contributed by atoms with Crippen molar-refractivity contribution in [1.29, 1.82) is 0 Å². The Balaban J connectivity index is 2.52. The van der Waals surface area contributed by atoms with Crippen molar-refractivity contribution in [1.82, 2.24) is 4.90 Å². The van der Waals surface area contributed by atoms with Gasteiger partial charge in [0.1, 0.15) is 0 Å². The fraction of sp³-hybridized carbons (Fsp3) is 0.615. The first-order chi connectivity index (χ1) is 8.69. The van der Waals surface area contributed by atoms with E-state index in [0.717, 1.165) is 12.8 Å². The van der Waals surface area contributed by atoms with E-state index in [2.05, 4.69) is 22.9 Å². The van der Waals surface area contributed by atoms with Gasteiger partial charge in [0.2, 0.25) is 0 Å². The van der Waals surface area contributed by atoms with Gasteiger partial charge in [-0.3, -0.25) is 4.79 Å². The summed E-state index contributed by atoms with van der Waals surface area (Å²) in [4.78, 5) is 13.8. The van der Waals surface area contributed by atoms with Crippen LogP contribution in [0.3, 0.4) is 0 Å². The van der Waals surface area contributed by atoms with Gasteiger partial charge < -0.3 is 14.4 Å². The zero-order valence-corrected chi connectivity index (χ0v) is 12.3. The van der Waals surface area contributed by atoms with Crippen molar-refractivity contribution in [3.63, 3.8) is 0 Å². The molecule has 4 nitrogen and oxygen atoms in total. The molecule has 1 aromatic rings. The van der Waals surface area contributed by atoms with Gasteiger partial charge >= 0.3 is 0 Å². The molecule has 1 amide bonds. The molecule has 0 fully saturated rings. The van der Waals surface area contributed by atoms with E-state index in [1.165, 1.54) is 12.8 Å². The molecule has 1 aromatic heterocycles. The van der Waals surface area contributed by atoms with Crippen molar-refractivity contribution in [2.75, 3.05) is 19.7 Å². The molecule has 102 valence electrons. The molecule has 0 aliphatic heterocycles. The highest BCUT2D eigenvalue weighted by Gasteiger charge is 2.18. The molecule has 0 unspecified atom stereocenters. The molecule has 1 rings (SSSR count). The number of rotatable bonds is 8. The third-order valence-electron chi connectivity index (χ3n) is 2.72. The van der Waals surface area contributed by atoms with Crippen LogP contribution in [-0.2, 0) is 0 Å². The number of carbonyl (C=O) groups is 1. The van der Waals surface area contributed by atoms with Gasteiger partial charge in [0.15, 0.2) is 10.4 Å². The second kappa shape index (κ2) is 8.32. The highest BCUT2D eigenvalue weighted by molar-refractivity contribution is 9.10. The van der Waals surface area contributed by atoms with Crippen molar-refractivity contribution in [2.45, 2.75) is 32.6 Å². The number of furan rings is 1. The number of hydrogen-bond donors (Lipinski definition) is 1. The zero-order chi connectivity index (χ0) is 13.4. The smallest absolute Gasteiger partial charge is 0.289 e. The first-order valence-corrected chi connectivity index (χ1v) is 7.13. The second-order valence-electron chi connectivity index (χ2n) is 4.18. The maximum atomic E-state index is 12.1. The van der Waals surface area contributed by atoms with Gasteiger partial charge in [-0.15, -0.1) is 0 Å². The second-order valence-corrected chi connectivity index (χ2v) is 4.96. The predicted molar refractivity (Wildman–Crippen MR) is 73.5 cm³/mol. The summed E-state index contributed by atoms with van der Waals surface area (Å²) in [6, 6.07) is 3.34. The molecule has 0 aliphatic carbocycles. The first-order valence-electron chi connectivity index (χ1n) is 6.34. The fourth-order valence-electron chi connectivity index (χ4n) is 1.75. The molecule has 18 heavy (non-hydrogen) atoms. The van der Waals surface area contributed by atoms with E-state index in [0.29, 0.717) is 23.5 Å². The number of unbranched alkanes of at least 4 members (excludes halogenated alkanes) is 3. The average molecular weight is 318 g/mol. The van der Waals surface area contributed by atoms with Gasteiger partial charge in [-0.1, -0.05) is 26.2 Å². The van der Waals surface area contributed by atoms with Crippen LogP contribution in [0.15, 0.2) is 21.2 Å². The SMILES string of the molecule is CCCCCCN(CCO)C(=O)c1ccc(Br)o1. The highest BCUT2D eigenvalue weighted by Crippen LogP contribution is 2.16. The van der Waals surface area contributed by atoms with Crippen LogP contribution in [0.5, 0.6) is 0 Å². The number of carbonyl (C=O) groups excluding carboxylic acids is 1. The Labute approximate surface area is 116 Å². The Bertz CT molecular complexity index is 365. The molecule has 0 radical (unpaired) electrons. The lowest BCUT2D eigenvalue weighted by Gasteiger charge is -2.20. The molecule has 0 atom stereocenters. The Hall–Kier alpha value is -0.810. The van der Waals surface area contributed by atoms with E-state index in [1.807, 2.05) is 0 Å². The summed E-state index contributed by atoms with van der Waals surface area (Å²) in [6.45, 7) is 3.14. The van der Waals surface area contributed by atoms with E-state index < -0.39 is 0 Å². The van der Waals surface area contributed by atoms with E-state index in [4.69, 9.17) is 9.52 Å². The predicted octanol–water partition coefficient (Wildman–Crippen LogP) is 3.06. The molecule has 0 bridgehead atoms. The van der Waals surface area contributed by atoms with Crippen molar-refractivity contribution >= 4 is 21.8 Å². The minimum absolute atomic E-state index is 0.0264. The number of amides is 1. The van der Waals surface area contributed by atoms with E-state index in [1.54, 1.807) is 17.0 Å². The number of aliphatic hydroxyl groups excluding tert-OH is 1. The minimum atomic E-state index is -0.161. The van der Waals surface area contributed by atoms with Crippen LogP contribution in [0.1, 0.15) is 43.2 Å². The molecule has 0 saturated heterocycles. The molecule has 1 N–H and O–H groups in total. The monoisotopic (exact) mass is 317 g/mol. The first kappa shape index (κ1) is 15.2. The normalized spacial score (nSPS) is 10.6. The van der Waals surface area contributed by atoms with Crippen LogP contribution >= 0.6 is 15.9 Å². The lowest BCUT2D eigenvalue weighted by atomic mass is 10.2. The van der Waals surface area contributed by atoms with Gasteiger partial charge in [-0.05, 0) is 34.5 Å².